The summed E-state index contributed by atoms with van der Waals surface area (Å²) in [5, 5.41) is 2.34. The van der Waals surface area contributed by atoms with Crippen molar-refractivity contribution in [3.05, 3.63) is 29.8 Å². The van der Waals surface area contributed by atoms with Crippen LogP contribution < -0.4 is 16.0 Å². The number of benzene rings is 1. The van der Waals surface area contributed by atoms with Crippen LogP contribution in [0.3, 0.4) is 0 Å². The Hall–Kier alpha value is -1.88. The maximum absolute atomic E-state index is 11.7. The zero-order valence-electron chi connectivity index (χ0n) is 11.2. The van der Waals surface area contributed by atoms with Crippen molar-refractivity contribution in [2.24, 2.45) is 5.73 Å². The Kier molecular flexibility index (Phi) is 3.85. The highest BCUT2D eigenvalue weighted by Gasteiger charge is 2.31. The number of nitrogens with zero attached hydrogens (tertiary/aromatic N) is 1. The lowest BCUT2D eigenvalue weighted by Crippen LogP contribution is -2.57. The van der Waals surface area contributed by atoms with Crippen molar-refractivity contribution in [2.75, 3.05) is 11.4 Å². The molecule has 0 saturated carbocycles. The van der Waals surface area contributed by atoms with Gasteiger partial charge in [-0.1, -0.05) is 25.1 Å². The number of carbonyl (C=O) groups excluding carboxylic acids is 2. The highest BCUT2D eigenvalue weighted by Crippen LogP contribution is 2.28. The zero-order valence-corrected chi connectivity index (χ0v) is 11.2. The summed E-state index contributed by atoms with van der Waals surface area (Å²) in [6, 6.07) is 7.21. The molecule has 2 atom stereocenters. The summed E-state index contributed by atoms with van der Waals surface area (Å²) in [6.45, 7) is 3.98. The Bertz CT molecular complexity index is 501. The van der Waals surface area contributed by atoms with E-state index in [4.69, 9.17) is 5.73 Å². The van der Waals surface area contributed by atoms with Gasteiger partial charge in [0.1, 0.15) is 6.04 Å². The van der Waals surface area contributed by atoms with Gasteiger partial charge < -0.3 is 10.6 Å². The molecular weight excluding hydrogens is 242 g/mol. The Labute approximate surface area is 112 Å². The minimum absolute atomic E-state index is 0.0940. The van der Waals surface area contributed by atoms with Crippen LogP contribution >= 0.6 is 0 Å². The van der Waals surface area contributed by atoms with Gasteiger partial charge >= 0.3 is 0 Å². The number of anilines is 1. The molecule has 1 aliphatic rings. The first kappa shape index (κ1) is 13.5. The standard InChI is InChI=1S/C14H19N3O2/c1-3-11(15)10-6-4-5-7-12(10)17-8-13(18)16-14(19)9(17)2/h4-7,9,11H,3,8,15H2,1-2H3,(H,16,18,19)/t9?,11-/m0/s1. The van der Waals surface area contributed by atoms with Gasteiger partial charge in [0.05, 0.1) is 6.54 Å². The predicted molar refractivity (Wildman–Crippen MR) is 73.6 cm³/mol. The molecule has 5 heteroatoms. The highest BCUT2D eigenvalue weighted by molar-refractivity contribution is 6.04. The molecule has 2 amide bonds. The van der Waals surface area contributed by atoms with Crippen LogP contribution in [0, 0.1) is 0 Å². The molecule has 0 bridgehead atoms. The van der Waals surface area contributed by atoms with Crippen molar-refractivity contribution in [2.45, 2.75) is 32.4 Å². The zero-order chi connectivity index (χ0) is 14.0. The summed E-state index contributed by atoms with van der Waals surface area (Å²) in [7, 11) is 0. The third kappa shape index (κ3) is 2.61. The van der Waals surface area contributed by atoms with Crippen molar-refractivity contribution in [3.8, 4) is 0 Å². The number of nitrogens with two attached hydrogens (primary N) is 1. The van der Waals surface area contributed by atoms with Crippen LogP contribution in [0.2, 0.25) is 0 Å². The molecule has 1 heterocycles. The van der Waals surface area contributed by atoms with Crippen molar-refractivity contribution < 1.29 is 9.59 Å². The first-order valence-corrected chi connectivity index (χ1v) is 6.49. The summed E-state index contributed by atoms with van der Waals surface area (Å²) in [5.74, 6) is -0.543. The lowest BCUT2D eigenvalue weighted by molar-refractivity contribution is -0.132. The van der Waals surface area contributed by atoms with Crippen LogP contribution in [-0.4, -0.2) is 24.4 Å². The number of carbonyl (C=O) groups is 2. The molecule has 102 valence electrons. The van der Waals surface area contributed by atoms with Crippen molar-refractivity contribution in [1.29, 1.82) is 0 Å². The van der Waals surface area contributed by atoms with Crippen LogP contribution in [0.15, 0.2) is 24.3 Å². The molecule has 3 N–H and O–H groups in total. The lowest BCUT2D eigenvalue weighted by atomic mass is 10.0. The second-order valence-electron chi connectivity index (χ2n) is 4.79. The SMILES string of the molecule is CC[C@H](N)c1ccccc1N1CC(=O)NC(=O)C1C. The first-order valence-electron chi connectivity index (χ1n) is 6.49. The van der Waals surface area contributed by atoms with Gasteiger partial charge in [-0.2, -0.15) is 0 Å². The maximum Gasteiger partial charge on any atom is 0.249 e. The molecule has 0 spiro atoms. The number of rotatable bonds is 3. The molecule has 0 radical (unpaired) electrons. The predicted octanol–water partition coefficient (Wildman–Crippen LogP) is 0.948. The summed E-state index contributed by atoms with van der Waals surface area (Å²) in [4.78, 5) is 25.1. The van der Waals surface area contributed by atoms with E-state index in [1.165, 1.54) is 0 Å². The van der Waals surface area contributed by atoms with E-state index >= 15 is 0 Å². The summed E-state index contributed by atoms with van der Waals surface area (Å²) in [5.41, 5.74) is 7.94. The van der Waals surface area contributed by atoms with Gasteiger partial charge in [-0.15, -0.1) is 0 Å². The molecule has 1 saturated heterocycles. The average molecular weight is 261 g/mol. The van der Waals surface area contributed by atoms with E-state index in [1.54, 1.807) is 6.92 Å². The number of amides is 2. The fourth-order valence-electron chi connectivity index (χ4n) is 2.29. The normalized spacial score (nSPS) is 21.2. The summed E-state index contributed by atoms with van der Waals surface area (Å²) >= 11 is 0. The van der Waals surface area contributed by atoms with E-state index in [2.05, 4.69) is 5.32 Å². The monoisotopic (exact) mass is 261 g/mol. The van der Waals surface area contributed by atoms with Crippen LogP contribution in [0.1, 0.15) is 31.9 Å². The molecule has 0 aromatic heterocycles. The third-order valence-electron chi connectivity index (χ3n) is 3.51. The van der Waals surface area contributed by atoms with E-state index in [9.17, 15) is 9.59 Å². The molecule has 1 fully saturated rings. The van der Waals surface area contributed by atoms with E-state index in [0.29, 0.717) is 0 Å². The number of para-hydroxylation sites is 1. The Morgan fingerprint density at radius 3 is 2.79 bits per heavy atom. The molecule has 19 heavy (non-hydrogen) atoms. The van der Waals surface area contributed by atoms with Gasteiger partial charge in [0.15, 0.2) is 0 Å². The lowest BCUT2D eigenvalue weighted by Gasteiger charge is -2.35. The number of hydrogen-bond acceptors (Lipinski definition) is 4. The van der Waals surface area contributed by atoms with Crippen molar-refractivity contribution in [1.82, 2.24) is 5.32 Å². The average Bonchev–Trinajstić information content (AvgIpc) is 2.42. The second-order valence-corrected chi connectivity index (χ2v) is 4.79. The number of nitrogens with one attached hydrogen (secondary N) is 1. The molecule has 1 unspecified atom stereocenters. The highest BCUT2D eigenvalue weighted by atomic mass is 16.2. The van der Waals surface area contributed by atoms with Gasteiger partial charge in [-0.3, -0.25) is 14.9 Å². The smallest absolute Gasteiger partial charge is 0.249 e. The Morgan fingerprint density at radius 2 is 2.11 bits per heavy atom. The molecule has 5 nitrogen and oxygen atoms in total. The van der Waals surface area contributed by atoms with Crippen LogP contribution in [0.4, 0.5) is 5.69 Å². The minimum Gasteiger partial charge on any atom is -0.350 e. The number of imide groups is 1. The molecular formula is C14H19N3O2. The topological polar surface area (TPSA) is 75.4 Å². The molecule has 2 rings (SSSR count). The minimum atomic E-state index is -0.372. The number of piperazine rings is 1. The fourth-order valence-corrected chi connectivity index (χ4v) is 2.29. The first-order chi connectivity index (χ1) is 9.04. The molecule has 0 aliphatic carbocycles. The maximum atomic E-state index is 11.7. The van der Waals surface area contributed by atoms with E-state index < -0.39 is 0 Å². The van der Waals surface area contributed by atoms with E-state index in [1.807, 2.05) is 36.1 Å². The van der Waals surface area contributed by atoms with E-state index in [-0.39, 0.29) is 30.4 Å². The van der Waals surface area contributed by atoms with Crippen LogP contribution in [0.5, 0.6) is 0 Å². The molecule has 1 aromatic rings. The number of hydrogen-bond donors (Lipinski definition) is 2. The largest absolute Gasteiger partial charge is 0.350 e. The Balaban J connectivity index is 2.40. The van der Waals surface area contributed by atoms with Gasteiger partial charge in [0.25, 0.3) is 0 Å². The van der Waals surface area contributed by atoms with Crippen molar-refractivity contribution in [3.63, 3.8) is 0 Å². The van der Waals surface area contributed by atoms with Crippen LogP contribution in [0.25, 0.3) is 0 Å². The Morgan fingerprint density at radius 1 is 1.42 bits per heavy atom. The van der Waals surface area contributed by atoms with Gasteiger partial charge in [-0.05, 0) is 25.0 Å². The summed E-state index contributed by atoms with van der Waals surface area (Å²) < 4.78 is 0. The summed E-state index contributed by atoms with van der Waals surface area (Å²) in [6.07, 6.45) is 0.805. The third-order valence-corrected chi connectivity index (χ3v) is 3.51. The fraction of sp³-hybridized carbons (Fsp3) is 0.429. The van der Waals surface area contributed by atoms with Crippen molar-refractivity contribution >= 4 is 17.5 Å². The molecule has 1 aromatic carbocycles. The van der Waals surface area contributed by atoms with E-state index in [0.717, 1.165) is 17.7 Å². The van der Waals surface area contributed by atoms with Gasteiger partial charge in [0.2, 0.25) is 11.8 Å². The second kappa shape index (κ2) is 5.40. The van der Waals surface area contributed by atoms with Gasteiger partial charge in [-0.25, -0.2) is 0 Å². The van der Waals surface area contributed by atoms with Gasteiger partial charge in [0, 0.05) is 11.7 Å². The van der Waals surface area contributed by atoms with Crippen LogP contribution in [-0.2, 0) is 9.59 Å². The molecule has 1 aliphatic heterocycles. The quantitative estimate of drug-likeness (QED) is 0.794.